The van der Waals surface area contributed by atoms with Crippen molar-refractivity contribution >= 4 is 11.6 Å². The second-order valence-corrected chi connectivity index (χ2v) is 6.13. The average Bonchev–Trinajstić information content (AvgIpc) is 2.63. The third kappa shape index (κ3) is 4.91. The Morgan fingerprint density at radius 1 is 1.04 bits per heavy atom. The van der Waals surface area contributed by atoms with Gasteiger partial charge in [-0.15, -0.1) is 0 Å². The van der Waals surface area contributed by atoms with Gasteiger partial charge in [0, 0.05) is 5.69 Å². The molecule has 1 fully saturated rings. The van der Waals surface area contributed by atoms with Gasteiger partial charge in [-0.25, -0.2) is 0 Å². The standard InChI is InChI=1S/C20H24N2O2/c23-20(15-24-18-10-12-21-13-11-18)22-19-9-5-4-8-17(19)14-16-6-2-1-3-7-16/h1-9,18,21H,10-15H2,(H,22,23). The van der Waals surface area contributed by atoms with Crippen LogP contribution in [0.4, 0.5) is 5.69 Å². The number of para-hydroxylation sites is 1. The Labute approximate surface area is 143 Å². The van der Waals surface area contributed by atoms with Crippen LogP contribution in [-0.4, -0.2) is 31.7 Å². The molecule has 0 bridgehead atoms. The molecule has 3 rings (SSSR count). The van der Waals surface area contributed by atoms with E-state index >= 15 is 0 Å². The minimum absolute atomic E-state index is 0.0888. The predicted octanol–water partition coefficient (Wildman–Crippen LogP) is 2.98. The summed E-state index contributed by atoms with van der Waals surface area (Å²) in [7, 11) is 0. The fourth-order valence-electron chi connectivity index (χ4n) is 2.95. The van der Waals surface area contributed by atoms with Crippen LogP contribution < -0.4 is 10.6 Å². The molecule has 4 heteroatoms. The first-order chi connectivity index (χ1) is 11.8. The van der Waals surface area contributed by atoms with Crippen LogP contribution in [0, 0.1) is 0 Å². The van der Waals surface area contributed by atoms with E-state index in [-0.39, 0.29) is 18.6 Å². The molecule has 0 atom stereocenters. The van der Waals surface area contributed by atoms with Crippen LogP contribution in [0.15, 0.2) is 54.6 Å². The Morgan fingerprint density at radius 3 is 2.54 bits per heavy atom. The Kier molecular flexibility index (Phi) is 5.99. The molecule has 24 heavy (non-hydrogen) atoms. The van der Waals surface area contributed by atoms with Crippen molar-refractivity contribution in [3.8, 4) is 0 Å². The molecule has 0 spiro atoms. The third-order valence-corrected chi connectivity index (χ3v) is 4.27. The molecule has 2 aromatic carbocycles. The van der Waals surface area contributed by atoms with E-state index in [1.807, 2.05) is 36.4 Å². The molecular formula is C20H24N2O2. The van der Waals surface area contributed by atoms with Gasteiger partial charge in [0.15, 0.2) is 0 Å². The van der Waals surface area contributed by atoms with Gasteiger partial charge in [-0.1, -0.05) is 48.5 Å². The average molecular weight is 324 g/mol. The van der Waals surface area contributed by atoms with Crippen LogP contribution in [-0.2, 0) is 16.0 Å². The molecule has 0 aromatic heterocycles. The SMILES string of the molecule is O=C(COC1CCNCC1)Nc1ccccc1Cc1ccccc1. The van der Waals surface area contributed by atoms with E-state index in [2.05, 4.69) is 28.8 Å². The van der Waals surface area contributed by atoms with E-state index in [0.29, 0.717) is 0 Å². The van der Waals surface area contributed by atoms with Crippen LogP contribution in [0.3, 0.4) is 0 Å². The monoisotopic (exact) mass is 324 g/mol. The Hall–Kier alpha value is -2.17. The lowest BCUT2D eigenvalue weighted by atomic mass is 10.0. The lowest BCUT2D eigenvalue weighted by Crippen LogP contribution is -2.34. The molecule has 2 N–H and O–H groups in total. The Bertz CT molecular complexity index is 652. The number of hydrogen-bond acceptors (Lipinski definition) is 3. The number of rotatable bonds is 6. The number of anilines is 1. The summed E-state index contributed by atoms with van der Waals surface area (Å²) in [6, 6.07) is 18.2. The second kappa shape index (κ2) is 8.62. The first-order valence-electron chi connectivity index (χ1n) is 8.55. The van der Waals surface area contributed by atoms with Gasteiger partial charge in [0.1, 0.15) is 6.61 Å². The Morgan fingerprint density at radius 2 is 1.75 bits per heavy atom. The topological polar surface area (TPSA) is 50.4 Å². The van der Waals surface area contributed by atoms with E-state index in [0.717, 1.165) is 43.6 Å². The first kappa shape index (κ1) is 16.7. The highest BCUT2D eigenvalue weighted by atomic mass is 16.5. The van der Waals surface area contributed by atoms with E-state index in [1.54, 1.807) is 0 Å². The molecule has 2 aromatic rings. The fraction of sp³-hybridized carbons (Fsp3) is 0.350. The number of nitrogens with one attached hydrogen (secondary N) is 2. The quantitative estimate of drug-likeness (QED) is 0.859. The van der Waals surface area contributed by atoms with Gasteiger partial charge in [0.2, 0.25) is 5.91 Å². The van der Waals surface area contributed by atoms with Crippen molar-refractivity contribution in [1.82, 2.24) is 5.32 Å². The maximum atomic E-state index is 12.2. The summed E-state index contributed by atoms with van der Waals surface area (Å²) in [4.78, 5) is 12.2. The number of amides is 1. The van der Waals surface area contributed by atoms with Crippen molar-refractivity contribution in [2.45, 2.75) is 25.4 Å². The minimum atomic E-state index is -0.0888. The van der Waals surface area contributed by atoms with Crippen molar-refractivity contribution in [1.29, 1.82) is 0 Å². The molecule has 1 aliphatic rings. The summed E-state index contributed by atoms with van der Waals surface area (Å²) < 4.78 is 5.72. The zero-order valence-corrected chi connectivity index (χ0v) is 13.8. The molecule has 1 saturated heterocycles. The Balaban J connectivity index is 1.57. The molecule has 0 saturated carbocycles. The minimum Gasteiger partial charge on any atom is -0.368 e. The highest BCUT2D eigenvalue weighted by Crippen LogP contribution is 2.19. The van der Waals surface area contributed by atoms with E-state index in [9.17, 15) is 4.79 Å². The van der Waals surface area contributed by atoms with Gasteiger partial charge >= 0.3 is 0 Å². The van der Waals surface area contributed by atoms with Gasteiger partial charge in [-0.2, -0.15) is 0 Å². The summed E-state index contributed by atoms with van der Waals surface area (Å²) in [5, 5.41) is 6.28. The van der Waals surface area contributed by atoms with Crippen molar-refractivity contribution in [3.05, 3.63) is 65.7 Å². The predicted molar refractivity (Wildman–Crippen MR) is 96.2 cm³/mol. The van der Waals surface area contributed by atoms with Gasteiger partial charge in [-0.05, 0) is 49.5 Å². The first-order valence-corrected chi connectivity index (χ1v) is 8.55. The van der Waals surface area contributed by atoms with Crippen LogP contribution in [0.25, 0.3) is 0 Å². The molecule has 0 aliphatic carbocycles. The van der Waals surface area contributed by atoms with E-state index in [4.69, 9.17) is 4.74 Å². The van der Waals surface area contributed by atoms with Crippen molar-refractivity contribution in [2.24, 2.45) is 0 Å². The lowest BCUT2D eigenvalue weighted by molar-refractivity contribution is -0.123. The maximum absolute atomic E-state index is 12.2. The number of carbonyl (C=O) groups is 1. The van der Waals surface area contributed by atoms with Crippen molar-refractivity contribution in [3.63, 3.8) is 0 Å². The maximum Gasteiger partial charge on any atom is 0.250 e. The van der Waals surface area contributed by atoms with Gasteiger partial charge < -0.3 is 15.4 Å². The summed E-state index contributed by atoms with van der Waals surface area (Å²) in [5.41, 5.74) is 3.20. The van der Waals surface area contributed by atoms with Crippen LogP contribution in [0.1, 0.15) is 24.0 Å². The van der Waals surface area contributed by atoms with E-state index in [1.165, 1.54) is 5.56 Å². The van der Waals surface area contributed by atoms with Gasteiger partial charge in [0.05, 0.1) is 6.10 Å². The number of benzene rings is 2. The largest absolute Gasteiger partial charge is 0.368 e. The highest BCUT2D eigenvalue weighted by molar-refractivity contribution is 5.92. The zero-order chi connectivity index (χ0) is 16.6. The van der Waals surface area contributed by atoms with Crippen molar-refractivity contribution < 1.29 is 9.53 Å². The van der Waals surface area contributed by atoms with Crippen molar-refractivity contribution in [2.75, 3.05) is 25.0 Å². The van der Waals surface area contributed by atoms with E-state index < -0.39 is 0 Å². The molecule has 0 unspecified atom stereocenters. The number of hydrogen-bond donors (Lipinski definition) is 2. The van der Waals surface area contributed by atoms with Gasteiger partial charge in [0.25, 0.3) is 0 Å². The second-order valence-electron chi connectivity index (χ2n) is 6.13. The summed E-state index contributed by atoms with van der Waals surface area (Å²) >= 11 is 0. The molecular weight excluding hydrogens is 300 g/mol. The molecule has 4 nitrogen and oxygen atoms in total. The number of carbonyl (C=O) groups excluding carboxylic acids is 1. The van der Waals surface area contributed by atoms with Crippen LogP contribution in [0.2, 0.25) is 0 Å². The smallest absolute Gasteiger partial charge is 0.250 e. The summed E-state index contributed by atoms with van der Waals surface area (Å²) in [6.45, 7) is 2.04. The summed E-state index contributed by atoms with van der Waals surface area (Å²) in [5.74, 6) is -0.0888. The molecule has 1 heterocycles. The van der Waals surface area contributed by atoms with Gasteiger partial charge in [-0.3, -0.25) is 4.79 Å². The summed E-state index contributed by atoms with van der Waals surface area (Å²) in [6.07, 6.45) is 2.93. The third-order valence-electron chi connectivity index (χ3n) is 4.27. The highest BCUT2D eigenvalue weighted by Gasteiger charge is 2.15. The lowest BCUT2D eigenvalue weighted by Gasteiger charge is -2.22. The molecule has 0 radical (unpaired) electrons. The normalized spacial score (nSPS) is 15.2. The molecule has 1 aliphatic heterocycles. The zero-order valence-electron chi connectivity index (χ0n) is 13.8. The van der Waals surface area contributed by atoms with Crippen LogP contribution >= 0.6 is 0 Å². The number of ether oxygens (including phenoxy) is 1. The van der Waals surface area contributed by atoms with Crippen LogP contribution in [0.5, 0.6) is 0 Å². The fourth-order valence-corrected chi connectivity index (χ4v) is 2.95. The molecule has 126 valence electrons. The molecule has 1 amide bonds. The number of piperidine rings is 1.